The fourth-order valence-corrected chi connectivity index (χ4v) is 4.17. The summed E-state index contributed by atoms with van der Waals surface area (Å²) in [6.45, 7) is 0.888. The van der Waals surface area contributed by atoms with Crippen molar-refractivity contribution in [2.45, 2.75) is 43.8 Å². The molecule has 2 unspecified atom stereocenters. The summed E-state index contributed by atoms with van der Waals surface area (Å²) in [6, 6.07) is 19.2. The van der Waals surface area contributed by atoms with Crippen molar-refractivity contribution in [3.05, 3.63) is 70.7 Å². The number of rotatable bonds is 5. The Labute approximate surface area is 168 Å². The molecule has 2 N–H and O–H groups in total. The average molecular weight is 402 g/mol. The molecule has 2 atom stereocenters. The molecular weight excluding hydrogens is 375 g/mol. The molecule has 0 aliphatic heterocycles. The third-order valence-electron chi connectivity index (χ3n) is 5.10. The van der Waals surface area contributed by atoms with E-state index < -0.39 is 0 Å². The van der Waals surface area contributed by atoms with Crippen molar-refractivity contribution in [2.24, 2.45) is 0 Å². The second-order valence-corrected chi connectivity index (χ2v) is 6.77. The molecule has 0 spiro atoms. The Kier molecular flexibility index (Phi) is 9.26. The van der Waals surface area contributed by atoms with E-state index in [9.17, 15) is 0 Å². The molecule has 0 heterocycles. The van der Waals surface area contributed by atoms with Gasteiger partial charge in [-0.25, -0.2) is 0 Å². The topological polar surface area (TPSA) is 24.1 Å². The van der Waals surface area contributed by atoms with E-state index in [-0.39, 0.29) is 30.4 Å². The van der Waals surface area contributed by atoms with E-state index in [2.05, 4.69) is 60.1 Å². The molecule has 0 aromatic heterocycles. The number of benzene rings is 2. The zero-order valence-electron chi connectivity index (χ0n) is 14.5. The summed E-state index contributed by atoms with van der Waals surface area (Å²) in [5.41, 5.74) is 2.45. The molecule has 1 saturated carbocycles. The second kappa shape index (κ2) is 10.4. The Bertz CT molecular complexity index is 636. The highest BCUT2D eigenvalue weighted by Gasteiger charge is 2.41. The molecule has 3 rings (SSSR count). The van der Waals surface area contributed by atoms with Crippen LogP contribution in [-0.4, -0.2) is 13.1 Å². The van der Waals surface area contributed by atoms with Crippen LogP contribution in [0, 0.1) is 0 Å². The van der Waals surface area contributed by atoms with E-state index >= 15 is 0 Å². The molecule has 1 aliphatic carbocycles. The molecule has 1 aliphatic rings. The Morgan fingerprint density at radius 3 is 2.36 bits per heavy atom. The highest BCUT2D eigenvalue weighted by molar-refractivity contribution is 6.31. The maximum absolute atomic E-state index is 6.54. The number of hydrogen-bond acceptors (Lipinski definition) is 2. The van der Waals surface area contributed by atoms with Crippen molar-refractivity contribution in [3.8, 4) is 0 Å². The van der Waals surface area contributed by atoms with Crippen molar-refractivity contribution in [2.75, 3.05) is 7.05 Å². The highest BCUT2D eigenvalue weighted by Crippen LogP contribution is 2.40. The zero-order chi connectivity index (χ0) is 16.1. The van der Waals surface area contributed by atoms with E-state index in [1.54, 1.807) is 0 Å². The normalized spacial score (nSPS) is 22.6. The molecular formula is C20H27Cl3N2. The molecule has 0 radical (unpaired) electrons. The van der Waals surface area contributed by atoms with Crippen LogP contribution >= 0.6 is 36.4 Å². The van der Waals surface area contributed by atoms with Gasteiger partial charge in [-0.1, -0.05) is 73.0 Å². The van der Waals surface area contributed by atoms with Crippen molar-refractivity contribution < 1.29 is 0 Å². The van der Waals surface area contributed by atoms with Gasteiger partial charge in [-0.2, -0.15) is 0 Å². The molecule has 138 valence electrons. The Balaban J connectivity index is 0.00000156. The molecule has 2 nitrogen and oxygen atoms in total. The summed E-state index contributed by atoms with van der Waals surface area (Å²) in [5.74, 6) is 0. The van der Waals surface area contributed by atoms with Crippen LogP contribution in [0.2, 0.25) is 5.02 Å². The van der Waals surface area contributed by atoms with Crippen LogP contribution in [0.5, 0.6) is 0 Å². The number of hydrogen-bond donors (Lipinski definition) is 2. The van der Waals surface area contributed by atoms with Crippen molar-refractivity contribution >= 4 is 36.4 Å². The summed E-state index contributed by atoms with van der Waals surface area (Å²) < 4.78 is 0. The van der Waals surface area contributed by atoms with Gasteiger partial charge in [0, 0.05) is 17.6 Å². The smallest absolute Gasteiger partial charge is 0.0602 e. The van der Waals surface area contributed by atoms with Gasteiger partial charge in [-0.3, -0.25) is 0 Å². The second-order valence-electron chi connectivity index (χ2n) is 6.37. The number of halogens is 3. The molecule has 5 heteroatoms. The highest BCUT2D eigenvalue weighted by atomic mass is 35.5. The molecule has 2 aromatic rings. The van der Waals surface area contributed by atoms with Gasteiger partial charge in [-0.05, 0) is 37.1 Å². The first-order valence-electron chi connectivity index (χ1n) is 8.47. The minimum Gasteiger partial charge on any atom is -0.309 e. The van der Waals surface area contributed by atoms with E-state index in [4.69, 9.17) is 11.6 Å². The minimum atomic E-state index is -0.0919. The standard InChI is InChI=1S/C20H25ClN2.2ClH/c1-22-20(17-11-5-6-12-18(17)21)14-8-7-13-19(20)23-15-16-9-3-2-4-10-16;;/h2-6,9-12,19,22-23H,7-8,13-15H2,1H3;2*1H. The van der Waals surface area contributed by atoms with Gasteiger partial charge in [0.25, 0.3) is 0 Å². The lowest BCUT2D eigenvalue weighted by atomic mass is 9.72. The average Bonchev–Trinajstić information content (AvgIpc) is 2.61. The van der Waals surface area contributed by atoms with Gasteiger partial charge in [0.05, 0.1) is 5.54 Å². The zero-order valence-corrected chi connectivity index (χ0v) is 16.9. The molecule has 1 fully saturated rings. The first-order chi connectivity index (χ1) is 11.3. The van der Waals surface area contributed by atoms with Gasteiger partial charge in [0.2, 0.25) is 0 Å². The Morgan fingerprint density at radius 1 is 1.00 bits per heavy atom. The summed E-state index contributed by atoms with van der Waals surface area (Å²) >= 11 is 6.54. The van der Waals surface area contributed by atoms with Crippen LogP contribution in [0.3, 0.4) is 0 Å². The van der Waals surface area contributed by atoms with Crippen LogP contribution in [-0.2, 0) is 12.1 Å². The van der Waals surface area contributed by atoms with Crippen molar-refractivity contribution in [1.82, 2.24) is 10.6 Å². The van der Waals surface area contributed by atoms with Crippen LogP contribution < -0.4 is 10.6 Å². The lowest BCUT2D eigenvalue weighted by molar-refractivity contribution is 0.177. The van der Waals surface area contributed by atoms with E-state index in [1.807, 2.05) is 12.1 Å². The molecule has 0 bridgehead atoms. The molecule has 0 amide bonds. The fraction of sp³-hybridized carbons (Fsp3) is 0.400. The van der Waals surface area contributed by atoms with Gasteiger partial charge >= 0.3 is 0 Å². The lowest BCUT2D eigenvalue weighted by Gasteiger charge is -2.45. The maximum atomic E-state index is 6.54. The van der Waals surface area contributed by atoms with Gasteiger partial charge in [0.15, 0.2) is 0 Å². The predicted octanol–water partition coefficient (Wildman–Crippen LogP) is 5.33. The van der Waals surface area contributed by atoms with E-state index in [1.165, 1.54) is 30.4 Å². The minimum absolute atomic E-state index is 0. The molecule has 0 saturated heterocycles. The maximum Gasteiger partial charge on any atom is 0.0602 e. The van der Waals surface area contributed by atoms with Gasteiger partial charge in [-0.15, -0.1) is 24.8 Å². The first-order valence-corrected chi connectivity index (χ1v) is 8.85. The first kappa shape index (κ1) is 22.3. The predicted molar refractivity (Wildman–Crippen MR) is 112 cm³/mol. The fourth-order valence-electron chi connectivity index (χ4n) is 3.87. The van der Waals surface area contributed by atoms with Crippen molar-refractivity contribution in [3.63, 3.8) is 0 Å². The largest absolute Gasteiger partial charge is 0.309 e. The van der Waals surface area contributed by atoms with E-state index in [0.717, 1.165) is 18.0 Å². The lowest BCUT2D eigenvalue weighted by Crippen LogP contribution is -2.57. The SMILES string of the molecule is CNC1(c2ccccc2Cl)CCCCC1NCc1ccccc1.Cl.Cl. The van der Waals surface area contributed by atoms with Gasteiger partial charge < -0.3 is 10.6 Å². The number of likely N-dealkylation sites (N-methyl/N-ethyl adjacent to an activating group) is 1. The quantitative estimate of drug-likeness (QED) is 0.707. The summed E-state index contributed by atoms with van der Waals surface area (Å²) in [5, 5.41) is 8.25. The van der Waals surface area contributed by atoms with Crippen molar-refractivity contribution in [1.29, 1.82) is 0 Å². The Morgan fingerprint density at radius 2 is 1.68 bits per heavy atom. The summed E-state index contributed by atoms with van der Waals surface area (Å²) in [6.07, 6.45) is 4.77. The Hall–Kier alpha value is -0.770. The van der Waals surface area contributed by atoms with Crippen LogP contribution in [0.1, 0.15) is 36.8 Å². The third-order valence-corrected chi connectivity index (χ3v) is 5.43. The van der Waals surface area contributed by atoms with Crippen LogP contribution in [0.4, 0.5) is 0 Å². The summed E-state index contributed by atoms with van der Waals surface area (Å²) in [4.78, 5) is 0. The van der Waals surface area contributed by atoms with E-state index in [0.29, 0.717) is 6.04 Å². The van der Waals surface area contributed by atoms with Gasteiger partial charge in [0.1, 0.15) is 0 Å². The molecule has 25 heavy (non-hydrogen) atoms. The van der Waals surface area contributed by atoms with Crippen LogP contribution in [0.15, 0.2) is 54.6 Å². The monoisotopic (exact) mass is 400 g/mol. The third kappa shape index (κ3) is 4.90. The number of nitrogens with one attached hydrogen (secondary N) is 2. The summed E-state index contributed by atoms with van der Waals surface area (Å²) in [7, 11) is 2.06. The van der Waals surface area contributed by atoms with Crippen LogP contribution in [0.25, 0.3) is 0 Å². The molecule has 2 aromatic carbocycles.